The van der Waals surface area contributed by atoms with Gasteiger partial charge in [-0.15, -0.1) is 0 Å². The SMILES string of the molecule is Cc1ccc(CCCC(=O)Nc2ccc3c(c2)CCN3C(=O)C2CC2)cc1. The van der Waals surface area contributed by atoms with E-state index in [9.17, 15) is 9.59 Å². The molecule has 0 aromatic heterocycles. The molecule has 4 heteroatoms. The average molecular weight is 362 g/mol. The quantitative estimate of drug-likeness (QED) is 0.835. The highest BCUT2D eigenvalue weighted by atomic mass is 16.2. The van der Waals surface area contributed by atoms with E-state index in [0.29, 0.717) is 6.42 Å². The summed E-state index contributed by atoms with van der Waals surface area (Å²) in [6.07, 6.45) is 5.19. The van der Waals surface area contributed by atoms with Crippen LogP contribution >= 0.6 is 0 Å². The van der Waals surface area contributed by atoms with Gasteiger partial charge in [0, 0.05) is 30.3 Å². The second-order valence-corrected chi connectivity index (χ2v) is 7.74. The molecule has 0 saturated heterocycles. The van der Waals surface area contributed by atoms with Gasteiger partial charge in [0.05, 0.1) is 0 Å². The molecule has 0 unspecified atom stereocenters. The molecule has 1 aliphatic carbocycles. The van der Waals surface area contributed by atoms with Crippen LogP contribution in [-0.2, 0) is 22.4 Å². The van der Waals surface area contributed by atoms with Crippen molar-refractivity contribution < 1.29 is 9.59 Å². The lowest BCUT2D eigenvalue weighted by molar-refractivity contribution is -0.119. The highest BCUT2D eigenvalue weighted by Gasteiger charge is 2.36. The maximum absolute atomic E-state index is 12.3. The van der Waals surface area contributed by atoms with Crippen molar-refractivity contribution >= 4 is 23.2 Å². The van der Waals surface area contributed by atoms with Crippen LogP contribution in [0.15, 0.2) is 42.5 Å². The summed E-state index contributed by atoms with van der Waals surface area (Å²) in [5.74, 6) is 0.552. The number of carbonyl (C=O) groups excluding carboxylic acids is 2. The highest BCUT2D eigenvalue weighted by molar-refractivity contribution is 5.99. The van der Waals surface area contributed by atoms with Gasteiger partial charge in [-0.25, -0.2) is 0 Å². The van der Waals surface area contributed by atoms with Crippen LogP contribution in [0.4, 0.5) is 11.4 Å². The Labute approximate surface area is 160 Å². The van der Waals surface area contributed by atoms with Crippen molar-refractivity contribution in [2.45, 2.75) is 45.4 Å². The van der Waals surface area contributed by atoms with Crippen molar-refractivity contribution in [3.63, 3.8) is 0 Å². The molecule has 1 aliphatic heterocycles. The van der Waals surface area contributed by atoms with Gasteiger partial charge < -0.3 is 10.2 Å². The Morgan fingerprint density at radius 3 is 2.63 bits per heavy atom. The second-order valence-electron chi connectivity index (χ2n) is 7.74. The number of nitrogens with one attached hydrogen (secondary N) is 1. The van der Waals surface area contributed by atoms with Gasteiger partial charge in [-0.2, -0.15) is 0 Å². The molecule has 2 aromatic carbocycles. The lowest BCUT2D eigenvalue weighted by Gasteiger charge is -2.17. The molecule has 140 valence electrons. The van der Waals surface area contributed by atoms with Crippen LogP contribution in [0.3, 0.4) is 0 Å². The van der Waals surface area contributed by atoms with Crippen LogP contribution < -0.4 is 10.2 Å². The van der Waals surface area contributed by atoms with E-state index in [0.717, 1.165) is 55.6 Å². The third kappa shape index (κ3) is 4.21. The fourth-order valence-corrected chi connectivity index (χ4v) is 3.69. The van der Waals surface area contributed by atoms with Crippen LogP contribution in [-0.4, -0.2) is 18.4 Å². The zero-order valence-corrected chi connectivity index (χ0v) is 15.8. The predicted molar refractivity (Wildman–Crippen MR) is 108 cm³/mol. The van der Waals surface area contributed by atoms with E-state index < -0.39 is 0 Å². The number of benzene rings is 2. The molecule has 0 radical (unpaired) electrons. The lowest BCUT2D eigenvalue weighted by atomic mass is 10.1. The van der Waals surface area contributed by atoms with E-state index in [4.69, 9.17) is 0 Å². The Morgan fingerprint density at radius 1 is 1.11 bits per heavy atom. The zero-order chi connectivity index (χ0) is 18.8. The summed E-state index contributed by atoms with van der Waals surface area (Å²) in [6.45, 7) is 2.84. The predicted octanol–water partition coefficient (Wildman–Crippen LogP) is 4.26. The first-order valence-electron chi connectivity index (χ1n) is 9.90. The molecule has 1 saturated carbocycles. The molecule has 2 amide bonds. The summed E-state index contributed by atoms with van der Waals surface area (Å²) in [6, 6.07) is 14.4. The minimum Gasteiger partial charge on any atom is -0.326 e. The monoisotopic (exact) mass is 362 g/mol. The van der Waals surface area contributed by atoms with Crippen LogP contribution in [0.25, 0.3) is 0 Å². The van der Waals surface area contributed by atoms with Crippen molar-refractivity contribution in [1.82, 2.24) is 0 Å². The van der Waals surface area contributed by atoms with Crippen LogP contribution in [0.2, 0.25) is 0 Å². The van der Waals surface area contributed by atoms with Gasteiger partial charge in [-0.3, -0.25) is 9.59 Å². The topological polar surface area (TPSA) is 49.4 Å². The van der Waals surface area contributed by atoms with Crippen LogP contribution in [0.5, 0.6) is 0 Å². The molecule has 1 fully saturated rings. The number of hydrogen-bond acceptors (Lipinski definition) is 2. The highest BCUT2D eigenvalue weighted by Crippen LogP contribution is 2.37. The van der Waals surface area contributed by atoms with Crippen LogP contribution in [0, 0.1) is 12.8 Å². The van der Waals surface area contributed by atoms with Gasteiger partial charge in [0.15, 0.2) is 0 Å². The number of aryl methyl sites for hydroxylation is 2. The number of carbonyl (C=O) groups is 2. The van der Waals surface area contributed by atoms with E-state index in [1.165, 1.54) is 11.1 Å². The Balaban J connectivity index is 1.30. The molecule has 0 spiro atoms. The number of amides is 2. The van der Waals surface area contributed by atoms with Crippen molar-refractivity contribution in [1.29, 1.82) is 0 Å². The van der Waals surface area contributed by atoms with E-state index in [-0.39, 0.29) is 17.7 Å². The summed E-state index contributed by atoms with van der Waals surface area (Å²) in [4.78, 5) is 26.5. The normalized spacial score (nSPS) is 15.5. The minimum absolute atomic E-state index is 0.0472. The zero-order valence-electron chi connectivity index (χ0n) is 15.8. The fourth-order valence-electron chi connectivity index (χ4n) is 3.69. The van der Waals surface area contributed by atoms with Gasteiger partial charge >= 0.3 is 0 Å². The summed E-state index contributed by atoms with van der Waals surface area (Å²) in [5.41, 5.74) is 5.53. The van der Waals surface area contributed by atoms with E-state index in [2.05, 4.69) is 36.5 Å². The third-order valence-corrected chi connectivity index (χ3v) is 5.44. The van der Waals surface area contributed by atoms with Crippen molar-refractivity contribution in [3.8, 4) is 0 Å². The number of rotatable bonds is 6. The third-order valence-electron chi connectivity index (χ3n) is 5.44. The Bertz CT molecular complexity index is 853. The maximum Gasteiger partial charge on any atom is 0.230 e. The van der Waals surface area contributed by atoms with Crippen molar-refractivity contribution in [2.24, 2.45) is 5.92 Å². The Kier molecular flexibility index (Phi) is 4.97. The van der Waals surface area contributed by atoms with E-state index in [1.807, 2.05) is 23.1 Å². The minimum atomic E-state index is 0.0472. The van der Waals surface area contributed by atoms with Crippen molar-refractivity contribution in [3.05, 3.63) is 59.2 Å². The largest absolute Gasteiger partial charge is 0.326 e. The van der Waals surface area contributed by atoms with Gasteiger partial charge in [-0.05, 0) is 68.4 Å². The molecule has 27 heavy (non-hydrogen) atoms. The molecule has 0 atom stereocenters. The molecule has 1 N–H and O–H groups in total. The molecule has 1 heterocycles. The summed E-state index contributed by atoms with van der Waals surface area (Å²) >= 11 is 0. The van der Waals surface area contributed by atoms with Crippen LogP contribution in [0.1, 0.15) is 42.4 Å². The molecular formula is C23H26N2O2. The Hall–Kier alpha value is -2.62. The van der Waals surface area contributed by atoms with Gasteiger partial charge in [0.2, 0.25) is 11.8 Å². The lowest BCUT2D eigenvalue weighted by Crippen LogP contribution is -2.30. The molecule has 0 bridgehead atoms. The first kappa shape index (κ1) is 17.8. The number of hydrogen-bond donors (Lipinski definition) is 1. The first-order valence-corrected chi connectivity index (χ1v) is 9.90. The number of anilines is 2. The molecule has 4 nitrogen and oxygen atoms in total. The average Bonchev–Trinajstić information content (AvgIpc) is 3.42. The van der Waals surface area contributed by atoms with E-state index in [1.54, 1.807) is 0 Å². The van der Waals surface area contributed by atoms with Gasteiger partial charge in [-0.1, -0.05) is 29.8 Å². The van der Waals surface area contributed by atoms with Crippen molar-refractivity contribution in [2.75, 3.05) is 16.8 Å². The van der Waals surface area contributed by atoms with Gasteiger partial charge in [0.1, 0.15) is 0 Å². The second kappa shape index (κ2) is 7.55. The fraction of sp³-hybridized carbons (Fsp3) is 0.391. The first-order chi connectivity index (χ1) is 13.1. The standard InChI is InChI=1S/C23H26N2O2/c1-16-5-7-17(8-6-16)3-2-4-22(26)24-20-11-12-21-19(15-20)13-14-25(21)23(27)18-9-10-18/h5-8,11-12,15,18H,2-4,9-10,13-14H2,1H3,(H,24,26). The molecule has 2 aromatic rings. The molecule has 4 rings (SSSR count). The summed E-state index contributed by atoms with van der Waals surface area (Å²) in [7, 11) is 0. The molecular weight excluding hydrogens is 336 g/mol. The summed E-state index contributed by atoms with van der Waals surface area (Å²) in [5, 5.41) is 3.00. The smallest absolute Gasteiger partial charge is 0.230 e. The number of nitrogens with zero attached hydrogens (tertiary/aromatic N) is 1. The van der Waals surface area contributed by atoms with E-state index >= 15 is 0 Å². The summed E-state index contributed by atoms with van der Waals surface area (Å²) < 4.78 is 0. The molecule has 2 aliphatic rings. The number of fused-ring (bicyclic) bond motifs is 1. The Morgan fingerprint density at radius 2 is 1.89 bits per heavy atom. The van der Waals surface area contributed by atoms with Gasteiger partial charge in [0.25, 0.3) is 0 Å². The maximum atomic E-state index is 12.3.